The summed E-state index contributed by atoms with van der Waals surface area (Å²) >= 11 is 0. The number of nitrogens with zero attached hydrogens (tertiary/aromatic N) is 2. The minimum atomic E-state index is 0.102. The van der Waals surface area contributed by atoms with Crippen LogP contribution in [0.15, 0.2) is 0 Å². The van der Waals surface area contributed by atoms with Gasteiger partial charge in [0.05, 0.1) is 6.10 Å². The molecule has 1 aliphatic heterocycles. The van der Waals surface area contributed by atoms with Crippen LogP contribution in [-0.4, -0.2) is 68.7 Å². The van der Waals surface area contributed by atoms with Crippen molar-refractivity contribution in [2.75, 3.05) is 40.8 Å². The molecule has 1 amide bonds. The van der Waals surface area contributed by atoms with Gasteiger partial charge in [0, 0.05) is 46.3 Å². The number of likely N-dealkylation sites (N-methyl/N-ethyl adjacent to an activating group) is 1. The summed E-state index contributed by atoms with van der Waals surface area (Å²) in [7, 11) is 5.58. The first kappa shape index (κ1) is 15.4. The molecule has 1 saturated heterocycles. The van der Waals surface area contributed by atoms with Crippen molar-refractivity contribution < 1.29 is 9.53 Å². The first-order chi connectivity index (χ1) is 8.54. The van der Waals surface area contributed by atoms with Gasteiger partial charge in [-0.05, 0) is 26.3 Å². The van der Waals surface area contributed by atoms with Crippen LogP contribution in [0.5, 0.6) is 0 Å². The van der Waals surface area contributed by atoms with E-state index in [0.29, 0.717) is 19.1 Å². The van der Waals surface area contributed by atoms with Crippen LogP contribution in [0.3, 0.4) is 0 Å². The molecular weight excluding hydrogens is 230 g/mol. The Hall–Kier alpha value is -0.650. The van der Waals surface area contributed by atoms with Crippen LogP contribution in [0.2, 0.25) is 0 Å². The Morgan fingerprint density at radius 3 is 2.61 bits per heavy atom. The fourth-order valence-corrected chi connectivity index (χ4v) is 2.22. The van der Waals surface area contributed by atoms with Gasteiger partial charge in [-0.3, -0.25) is 9.69 Å². The molecule has 0 aromatic rings. The number of hydrogen-bond donors (Lipinski definition) is 1. The lowest BCUT2D eigenvalue weighted by Crippen LogP contribution is -2.45. The SMILES string of the molecule is CN(C)C(=O)CC(CN)N(C)CC1CCCCO1. The summed E-state index contributed by atoms with van der Waals surface area (Å²) in [6.45, 7) is 2.23. The highest BCUT2D eigenvalue weighted by atomic mass is 16.5. The Morgan fingerprint density at radius 1 is 1.39 bits per heavy atom. The van der Waals surface area contributed by atoms with Gasteiger partial charge in [-0.2, -0.15) is 0 Å². The molecule has 2 N–H and O–H groups in total. The molecule has 2 unspecified atom stereocenters. The Labute approximate surface area is 110 Å². The highest BCUT2D eigenvalue weighted by Crippen LogP contribution is 2.15. The van der Waals surface area contributed by atoms with Crippen LogP contribution in [0, 0.1) is 0 Å². The molecule has 0 radical (unpaired) electrons. The molecule has 0 spiro atoms. The Morgan fingerprint density at radius 2 is 2.11 bits per heavy atom. The normalized spacial score (nSPS) is 21.9. The van der Waals surface area contributed by atoms with E-state index in [2.05, 4.69) is 4.90 Å². The van der Waals surface area contributed by atoms with Gasteiger partial charge in [-0.1, -0.05) is 0 Å². The van der Waals surface area contributed by atoms with Gasteiger partial charge in [0.25, 0.3) is 0 Å². The van der Waals surface area contributed by atoms with Crippen LogP contribution in [0.25, 0.3) is 0 Å². The lowest BCUT2D eigenvalue weighted by atomic mass is 10.1. The predicted octanol–water partition coefficient (Wildman–Crippen LogP) is 0.293. The Balaban J connectivity index is 2.40. The fraction of sp³-hybridized carbons (Fsp3) is 0.923. The zero-order valence-corrected chi connectivity index (χ0v) is 11.9. The van der Waals surface area contributed by atoms with Crippen molar-refractivity contribution in [3.8, 4) is 0 Å². The minimum absolute atomic E-state index is 0.102. The number of amides is 1. The second kappa shape index (κ2) is 7.71. The van der Waals surface area contributed by atoms with Gasteiger partial charge in [0.15, 0.2) is 0 Å². The molecule has 1 fully saturated rings. The summed E-state index contributed by atoms with van der Waals surface area (Å²) in [4.78, 5) is 15.5. The molecule has 0 aromatic heterocycles. The third kappa shape index (κ3) is 4.92. The van der Waals surface area contributed by atoms with Crippen molar-refractivity contribution in [1.82, 2.24) is 9.80 Å². The summed E-state index contributed by atoms with van der Waals surface area (Å²) < 4.78 is 5.72. The van der Waals surface area contributed by atoms with Gasteiger partial charge in [0.2, 0.25) is 5.91 Å². The lowest BCUT2D eigenvalue weighted by Gasteiger charge is -2.32. The lowest BCUT2D eigenvalue weighted by molar-refractivity contribution is -0.130. The van der Waals surface area contributed by atoms with Gasteiger partial charge in [-0.15, -0.1) is 0 Å². The van der Waals surface area contributed by atoms with Gasteiger partial charge in [-0.25, -0.2) is 0 Å². The van der Waals surface area contributed by atoms with E-state index >= 15 is 0 Å². The molecule has 5 heteroatoms. The molecule has 1 aliphatic rings. The third-order valence-corrected chi connectivity index (χ3v) is 3.57. The second-order valence-corrected chi connectivity index (χ2v) is 5.31. The van der Waals surface area contributed by atoms with E-state index in [1.165, 1.54) is 12.8 Å². The number of nitrogens with two attached hydrogens (primary N) is 1. The van der Waals surface area contributed by atoms with E-state index in [1.54, 1.807) is 19.0 Å². The first-order valence-corrected chi connectivity index (χ1v) is 6.76. The maximum atomic E-state index is 11.7. The van der Waals surface area contributed by atoms with E-state index in [1.807, 2.05) is 7.05 Å². The maximum Gasteiger partial charge on any atom is 0.223 e. The number of hydrogen-bond acceptors (Lipinski definition) is 4. The number of ether oxygens (including phenoxy) is 1. The third-order valence-electron chi connectivity index (χ3n) is 3.57. The van der Waals surface area contributed by atoms with E-state index in [-0.39, 0.29) is 11.9 Å². The summed E-state index contributed by atoms with van der Waals surface area (Å²) in [5.41, 5.74) is 5.77. The highest BCUT2D eigenvalue weighted by Gasteiger charge is 2.22. The van der Waals surface area contributed by atoms with Crippen LogP contribution >= 0.6 is 0 Å². The van der Waals surface area contributed by atoms with Crippen molar-refractivity contribution in [1.29, 1.82) is 0 Å². The molecular formula is C13H27N3O2. The molecule has 2 atom stereocenters. The molecule has 0 aromatic carbocycles. The maximum absolute atomic E-state index is 11.7. The average molecular weight is 257 g/mol. The van der Waals surface area contributed by atoms with Crippen molar-refractivity contribution in [3.05, 3.63) is 0 Å². The molecule has 0 bridgehead atoms. The van der Waals surface area contributed by atoms with Gasteiger partial charge in [0.1, 0.15) is 0 Å². The van der Waals surface area contributed by atoms with Crippen molar-refractivity contribution in [3.63, 3.8) is 0 Å². The molecule has 0 saturated carbocycles. The van der Waals surface area contributed by atoms with Crippen molar-refractivity contribution in [2.24, 2.45) is 5.73 Å². The van der Waals surface area contributed by atoms with Crippen molar-refractivity contribution >= 4 is 5.91 Å². The van der Waals surface area contributed by atoms with E-state index in [4.69, 9.17) is 10.5 Å². The zero-order chi connectivity index (χ0) is 13.5. The minimum Gasteiger partial charge on any atom is -0.377 e. The second-order valence-electron chi connectivity index (χ2n) is 5.31. The Bertz CT molecular complexity index is 253. The smallest absolute Gasteiger partial charge is 0.223 e. The van der Waals surface area contributed by atoms with Gasteiger partial charge < -0.3 is 15.4 Å². The summed E-state index contributed by atoms with van der Waals surface area (Å²) in [5, 5.41) is 0. The number of carbonyl (C=O) groups excluding carboxylic acids is 1. The zero-order valence-electron chi connectivity index (χ0n) is 11.9. The van der Waals surface area contributed by atoms with Crippen molar-refractivity contribution in [2.45, 2.75) is 37.8 Å². The van der Waals surface area contributed by atoms with Crippen LogP contribution in [-0.2, 0) is 9.53 Å². The fourth-order valence-electron chi connectivity index (χ4n) is 2.22. The standard InChI is InChI=1S/C13H27N3O2/c1-15(2)13(17)8-11(9-14)16(3)10-12-6-4-5-7-18-12/h11-12H,4-10,14H2,1-3H3. The summed E-state index contributed by atoms with van der Waals surface area (Å²) in [6.07, 6.45) is 4.30. The predicted molar refractivity (Wildman–Crippen MR) is 72.4 cm³/mol. The topological polar surface area (TPSA) is 58.8 Å². The first-order valence-electron chi connectivity index (χ1n) is 6.76. The van der Waals surface area contributed by atoms with Crippen LogP contribution < -0.4 is 5.73 Å². The molecule has 5 nitrogen and oxygen atoms in total. The molecule has 0 aliphatic carbocycles. The van der Waals surface area contributed by atoms with Gasteiger partial charge >= 0.3 is 0 Å². The van der Waals surface area contributed by atoms with Crippen LogP contribution in [0.1, 0.15) is 25.7 Å². The number of carbonyl (C=O) groups is 1. The monoisotopic (exact) mass is 257 g/mol. The highest BCUT2D eigenvalue weighted by molar-refractivity contribution is 5.76. The summed E-state index contributed by atoms with van der Waals surface area (Å²) in [6, 6.07) is 0.102. The largest absolute Gasteiger partial charge is 0.377 e. The molecule has 106 valence electrons. The summed E-state index contributed by atoms with van der Waals surface area (Å²) in [5.74, 6) is 0.127. The van der Waals surface area contributed by atoms with Crippen LogP contribution in [0.4, 0.5) is 0 Å². The van der Waals surface area contributed by atoms with E-state index in [0.717, 1.165) is 19.6 Å². The quantitative estimate of drug-likeness (QED) is 0.743. The van der Waals surface area contributed by atoms with E-state index in [9.17, 15) is 4.79 Å². The average Bonchev–Trinajstić information content (AvgIpc) is 2.36. The number of rotatable bonds is 6. The Kier molecular flexibility index (Phi) is 6.60. The molecule has 18 heavy (non-hydrogen) atoms. The van der Waals surface area contributed by atoms with E-state index < -0.39 is 0 Å². The molecule has 1 rings (SSSR count). The molecule has 1 heterocycles.